The Morgan fingerprint density at radius 1 is 1.20 bits per heavy atom. The average molecular weight is 356 g/mol. The summed E-state index contributed by atoms with van der Waals surface area (Å²) < 4.78 is 5.51. The predicted molar refractivity (Wildman–Crippen MR) is 97.8 cm³/mol. The number of rotatable bonds is 1. The highest BCUT2D eigenvalue weighted by Crippen LogP contribution is 2.38. The minimum atomic E-state index is -0.423. The smallest absolute Gasteiger partial charge is 0.410 e. The summed E-state index contributed by atoms with van der Waals surface area (Å²) in [7, 11) is 2.17. The summed E-state index contributed by atoms with van der Waals surface area (Å²) in [4.78, 5) is 18.1. The zero-order chi connectivity index (χ0) is 18.2. The Morgan fingerprint density at radius 2 is 1.88 bits per heavy atom. The van der Waals surface area contributed by atoms with Crippen LogP contribution < -0.4 is 4.90 Å². The number of likely N-dealkylation sites (tertiary alicyclic amines) is 3. The minimum absolute atomic E-state index is 0.0251. The molecular formula is C19H37N3O3+2. The summed E-state index contributed by atoms with van der Waals surface area (Å²) in [6.45, 7) is 10.7. The number of nitrogens with one attached hydrogen (secondary N) is 1. The zero-order valence-electron chi connectivity index (χ0n) is 16.4. The second-order valence-corrected chi connectivity index (χ2v) is 9.41. The van der Waals surface area contributed by atoms with Crippen LogP contribution >= 0.6 is 0 Å². The number of piperidine rings is 2. The van der Waals surface area contributed by atoms with Gasteiger partial charge in [0, 0.05) is 32.1 Å². The Hall–Kier alpha value is -0.850. The summed E-state index contributed by atoms with van der Waals surface area (Å²) >= 11 is 0. The van der Waals surface area contributed by atoms with Crippen LogP contribution in [0.2, 0.25) is 0 Å². The van der Waals surface area contributed by atoms with Crippen LogP contribution in [-0.2, 0) is 4.74 Å². The lowest BCUT2D eigenvalue weighted by Crippen LogP contribution is -3.11. The van der Waals surface area contributed by atoms with Crippen molar-refractivity contribution in [1.82, 2.24) is 9.80 Å². The average Bonchev–Trinajstić information content (AvgIpc) is 2.82. The molecule has 3 saturated heterocycles. The monoisotopic (exact) mass is 355 g/mol. The molecule has 3 fully saturated rings. The molecule has 0 aromatic rings. The molecule has 3 heterocycles. The van der Waals surface area contributed by atoms with Crippen LogP contribution in [0.5, 0.6) is 0 Å². The quantitative estimate of drug-likeness (QED) is 0.694. The summed E-state index contributed by atoms with van der Waals surface area (Å²) in [5.41, 5.74) is -0.224. The summed E-state index contributed by atoms with van der Waals surface area (Å²) in [6.07, 6.45) is 5.54. The second-order valence-electron chi connectivity index (χ2n) is 9.41. The van der Waals surface area contributed by atoms with Gasteiger partial charge in [0.15, 0.2) is 0 Å². The van der Waals surface area contributed by atoms with Gasteiger partial charge in [0.25, 0.3) is 6.23 Å². The molecule has 0 radical (unpaired) electrons. The molecule has 1 amide bonds. The van der Waals surface area contributed by atoms with Crippen LogP contribution in [0.25, 0.3) is 0 Å². The third-order valence-electron chi connectivity index (χ3n) is 6.39. The Labute approximate surface area is 152 Å². The maximum Gasteiger partial charge on any atom is 0.410 e. The van der Waals surface area contributed by atoms with Gasteiger partial charge in [-0.05, 0) is 53.0 Å². The zero-order valence-corrected chi connectivity index (χ0v) is 16.4. The van der Waals surface area contributed by atoms with Gasteiger partial charge in [0.1, 0.15) is 11.0 Å². The van der Waals surface area contributed by atoms with Crippen molar-refractivity contribution in [2.24, 2.45) is 5.41 Å². The van der Waals surface area contributed by atoms with Crippen molar-refractivity contribution in [3.8, 4) is 0 Å². The minimum Gasteiger partial charge on any atom is -0.444 e. The van der Waals surface area contributed by atoms with E-state index in [0.717, 1.165) is 45.6 Å². The molecule has 1 spiro atoms. The van der Waals surface area contributed by atoms with E-state index in [0.29, 0.717) is 6.04 Å². The van der Waals surface area contributed by atoms with E-state index >= 15 is 0 Å². The highest BCUT2D eigenvalue weighted by atomic mass is 16.6. The SMILES string of the molecule is C[NH+]1CCC2(CCCN(C3CCN(C(=O)OC(C)(C)C)CC3)C2)C1[OH2+]. The van der Waals surface area contributed by atoms with Crippen molar-refractivity contribution in [2.75, 3.05) is 39.8 Å². The number of hydrogen-bond acceptors (Lipinski definition) is 3. The fourth-order valence-electron chi connectivity index (χ4n) is 4.95. The molecule has 6 nitrogen and oxygen atoms in total. The molecule has 6 heteroatoms. The molecule has 3 atom stereocenters. The second kappa shape index (κ2) is 7.05. The number of amides is 1. The van der Waals surface area contributed by atoms with Gasteiger partial charge in [-0.3, -0.25) is 9.80 Å². The largest absolute Gasteiger partial charge is 0.444 e. The van der Waals surface area contributed by atoms with E-state index in [1.54, 1.807) is 0 Å². The molecular weight excluding hydrogens is 318 g/mol. The third-order valence-corrected chi connectivity index (χ3v) is 6.39. The van der Waals surface area contributed by atoms with Crippen LogP contribution in [0.15, 0.2) is 0 Å². The highest BCUT2D eigenvalue weighted by molar-refractivity contribution is 5.68. The number of carbonyl (C=O) groups is 1. The first-order chi connectivity index (χ1) is 11.7. The summed E-state index contributed by atoms with van der Waals surface area (Å²) in [5.74, 6) is 0. The lowest BCUT2D eigenvalue weighted by molar-refractivity contribution is -0.920. The fourth-order valence-corrected chi connectivity index (χ4v) is 4.95. The predicted octanol–water partition coefficient (Wildman–Crippen LogP) is 0.437. The molecule has 25 heavy (non-hydrogen) atoms. The van der Waals surface area contributed by atoms with Gasteiger partial charge in [0.2, 0.25) is 0 Å². The maximum absolute atomic E-state index is 12.2. The Kier molecular flexibility index (Phi) is 5.33. The number of hydrogen-bond donors (Lipinski definition) is 1. The number of quaternary nitrogens is 1. The van der Waals surface area contributed by atoms with Crippen LogP contribution in [0, 0.1) is 5.41 Å². The lowest BCUT2D eigenvalue weighted by Gasteiger charge is -2.45. The lowest BCUT2D eigenvalue weighted by atomic mass is 9.77. The summed E-state index contributed by atoms with van der Waals surface area (Å²) in [5, 5.41) is 8.62. The molecule has 3 rings (SSSR count). The topological polar surface area (TPSA) is 60.1 Å². The van der Waals surface area contributed by atoms with Crippen molar-refractivity contribution in [3.63, 3.8) is 0 Å². The molecule has 144 valence electrons. The van der Waals surface area contributed by atoms with Crippen molar-refractivity contribution in [2.45, 2.75) is 70.7 Å². The Morgan fingerprint density at radius 3 is 2.44 bits per heavy atom. The molecule has 3 aliphatic heterocycles. The molecule has 3 unspecified atom stereocenters. The van der Waals surface area contributed by atoms with E-state index in [1.165, 1.54) is 24.2 Å². The first kappa shape index (κ1) is 18.9. The van der Waals surface area contributed by atoms with E-state index in [2.05, 4.69) is 11.9 Å². The molecule has 0 saturated carbocycles. The molecule has 0 aliphatic carbocycles. The first-order valence-electron chi connectivity index (χ1n) is 9.96. The van der Waals surface area contributed by atoms with Crippen molar-refractivity contribution >= 4 is 6.09 Å². The van der Waals surface area contributed by atoms with Gasteiger partial charge < -0.3 is 14.7 Å². The molecule has 0 aromatic heterocycles. The molecule has 3 N–H and O–H groups in total. The van der Waals surface area contributed by atoms with Crippen LogP contribution in [0.3, 0.4) is 0 Å². The van der Waals surface area contributed by atoms with Crippen molar-refractivity contribution in [1.29, 1.82) is 0 Å². The fraction of sp³-hybridized carbons (Fsp3) is 0.947. The van der Waals surface area contributed by atoms with Crippen LogP contribution in [0.1, 0.15) is 52.9 Å². The number of ether oxygens (including phenoxy) is 1. The van der Waals surface area contributed by atoms with Gasteiger partial charge in [0.05, 0.1) is 13.6 Å². The van der Waals surface area contributed by atoms with E-state index in [9.17, 15) is 4.79 Å². The maximum atomic E-state index is 12.2. The van der Waals surface area contributed by atoms with E-state index < -0.39 is 5.60 Å². The number of carbonyl (C=O) groups excluding carboxylic acids is 1. The van der Waals surface area contributed by atoms with Crippen molar-refractivity contribution < 1.29 is 19.5 Å². The number of nitrogens with zero attached hydrogens (tertiary/aromatic N) is 2. The van der Waals surface area contributed by atoms with Gasteiger partial charge in [-0.15, -0.1) is 0 Å². The van der Waals surface area contributed by atoms with Crippen LogP contribution in [-0.4, -0.2) is 78.6 Å². The Balaban J connectivity index is 1.54. The van der Waals surface area contributed by atoms with E-state index in [1.807, 2.05) is 25.7 Å². The standard InChI is InChI=1S/C19H35N3O3/c1-18(2,3)25-17(24)21-11-6-15(7-12-21)22-10-5-8-19(14-22)9-13-20(4)16(19)23/h15-16,23H,5-14H2,1-4H3/p+2. The van der Waals surface area contributed by atoms with E-state index in [4.69, 9.17) is 9.84 Å². The van der Waals surface area contributed by atoms with Crippen molar-refractivity contribution in [3.05, 3.63) is 0 Å². The first-order valence-corrected chi connectivity index (χ1v) is 9.96. The van der Waals surface area contributed by atoms with Gasteiger partial charge in [-0.2, -0.15) is 0 Å². The Bertz CT molecular complexity index is 481. The normalized spacial score (nSPS) is 35.3. The van der Waals surface area contributed by atoms with E-state index in [-0.39, 0.29) is 17.7 Å². The van der Waals surface area contributed by atoms with Crippen LogP contribution in [0.4, 0.5) is 4.79 Å². The van der Waals surface area contributed by atoms with Gasteiger partial charge in [-0.1, -0.05) is 0 Å². The molecule has 3 aliphatic rings. The van der Waals surface area contributed by atoms with Gasteiger partial charge in [-0.25, -0.2) is 4.79 Å². The molecule has 0 bridgehead atoms. The molecule has 0 aromatic carbocycles. The summed E-state index contributed by atoms with van der Waals surface area (Å²) in [6, 6.07) is 0.559. The third kappa shape index (κ3) is 4.12. The van der Waals surface area contributed by atoms with Gasteiger partial charge >= 0.3 is 6.09 Å². The highest BCUT2D eigenvalue weighted by Gasteiger charge is 2.55.